The van der Waals surface area contributed by atoms with Crippen molar-refractivity contribution < 1.29 is 4.79 Å². The number of thiophene rings is 1. The molecule has 4 heterocycles. The molecule has 1 fully saturated rings. The molecule has 1 amide bonds. The first kappa shape index (κ1) is 17.1. The minimum Gasteiger partial charge on any atom is -0.342 e. The molecule has 0 saturated carbocycles. The number of hydrogen-bond donors (Lipinski definition) is 1. The maximum atomic E-state index is 12.5. The first-order valence-electron chi connectivity index (χ1n) is 9.40. The van der Waals surface area contributed by atoms with Crippen molar-refractivity contribution in [3.05, 3.63) is 71.3 Å². The molecule has 0 aliphatic carbocycles. The number of aromatic nitrogens is 3. The number of fused-ring (bicyclic) bond motifs is 1. The van der Waals surface area contributed by atoms with E-state index < -0.39 is 0 Å². The van der Waals surface area contributed by atoms with Crippen LogP contribution in [-0.4, -0.2) is 32.3 Å². The SMILES string of the molecule is Cc1sc2ccccc2c1-c1cnc(C2CC(=O)N(Cc3ccccn3)C2)[nH]1. The summed E-state index contributed by atoms with van der Waals surface area (Å²) >= 11 is 1.80. The van der Waals surface area contributed by atoms with Gasteiger partial charge < -0.3 is 9.88 Å². The largest absolute Gasteiger partial charge is 0.342 e. The van der Waals surface area contributed by atoms with Gasteiger partial charge in [0.1, 0.15) is 5.82 Å². The number of carbonyl (C=O) groups excluding carboxylic acids is 1. The first-order valence-corrected chi connectivity index (χ1v) is 10.2. The number of pyridine rings is 1. The highest BCUT2D eigenvalue weighted by atomic mass is 32.1. The maximum Gasteiger partial charge on any atom is 0.223 e. The van der Waals surface area contributed by atoms with Crippen molar-refractivity contribution in [3.63, 3.8) is 0 Å². The second-order valence-electron chi connectivity index (χ2n) is 7.21. The van der Waals surface area contributed by atoms with E-state index in [4.69, 9.17) is 0 Å². The summed E-state index contributed by atoms with van der Waals surface area (Å²) in [6.45, 7) is 3.37. The topological polar surface area (TPSA) is 61.9 Å². The van der Waals surface area contributed by atoms with Gasteiger partial charge >= 0.3 is 0 Å². The van der Waals surface area contributed by atoms with Crippen LogP contribution in [0.25, 0.3) is 21.3 Å². The number of aromatic amines is 1. The van der Waals surface area contributed by atoms with Crippen molar-refractivity contribution in [2.24, 2.45) is 0 Å². The Morgan fingerprint density at radius 3 is 2.89 bits per heavy atom. The van der Waals surface area contributed by atoms with Crippen molar-refractivity contribution in [2.45, 2.75) is 25.8 Å². The van der Waals surface area contributed by atoms with Crippen LogP contribution in [0, 0.1) is 6.92 Å². The number of nitrogens with zero attached hydrogens (tertiary/aromatic N) is 3. The molecule has 1 N–H and O–H groups in total. The normalized spacial score (nSPS) is 17.0. The third-order valence-electron chi connectivity index (χ3n) is 5.32. The number of amides is 1. The highest BCUT2D eigenvalue weighted by Crippen LogP contribution is 2.38. The van der Waals surface area contributed by atoms with Gasteiger partial charge in [-0.25, -0.2) is 4.98 Å². The number of rotatable bonds is 4. The minimum atomic E-state index is 0.0927. The molecule has 0 spiro atoms. The Morgan fingerprint density at radius 1 is 1.18 bits per heavy atom. The van der Waals surface area contributed by atoms with Crippen molar-refractivity contribution in [1.29, 1.82) is 0 Å². The zero-order chi connectivity index (χ0) is 19.1. The van der Waals surface area contributed by atoms with E-state index >= 15 is 0 Å². The van der Waals surface area contributed by atoms with E-state index in [1.54, 1.807) is 17.5 Å². The fraction of sp³-hybridized carbons (Fsp3) is 0.227. The summed E-state index contributed by atoms with van der Waals surface area (Å²) in [5.74, 6) is 1.14. The molecular formula is C22H20N4OS. The van der Waals surface area contributed by atoms with Crippen LogP contribution in [-0.2, 0) is 11.3 Å². The average Bonchev–Trinajstić information content (AvgIpc) is 3.39. The van der Waals surface area contributed by atoms with Crippen LogP contribution in [0.15, 0.2) is 54.9 Å². The van der Waals surface area contributed by atoms with Gasteiger partial charge in [-0.1, -0.05) is 24.3 Å². The van der Waals surface area contributed by atoms with E-state index in [-0.39, 0.29) is 11.8 Å². The molecule has 140 valence electrons. The zero-order valence-corrected chi connectivity index (χ0v) is 16.4. The summed E-state index contributed by atoms with van der Waals surface area (Å²) in [5, 5.41) is 1.25. The molecule has 5 nitrogen and oxygen atoms in total. The number of hydrogen-bond acceptors (Lipinski definition) is 4. The molecule has 1 aromatic carbocycles. The number of nitrogens with one attached hydrogen (secondary N) is 1. The summed E-state index contributed by atoms with van der Waals surface area (Å²) in [5.41, 5.74) is 3.16. The summed E-state index contributed by atoms with van der Waals surface area (Å²) in [7, 11) is 0. The molecule has 1 atom stereocenters. The van der Waals surface area contributed by atoms with E-state index in [2.05, 4.69) is 46.1 Å². The van der Waals surface area contributed by atoms with Crippen molar-refractivity contribution in [3.8, 4) is 11.3 Å². The Morgan fingerprint density at radius 2 is 2.04 bits per heavy atom. The molecule has 3 aromatic heterocycles. The lowest BCUT2D eigenvalue weighted by molar-refractivity contribution is -0.128. The van der Waals surface area contributed by atoms with Gasteiger partial charge in [0, 0.05) is 45.6 Å². The molecule has 1 aliphatic rings. The van der Waals surface area contributed by atoms with Crippen LogP contribution in [0.5, 0.6) is 0 Å². The molecule has 1 unspecified atom stereocenters. The Bertz CT molecular complexity index is 1150. The molecular weight excluding hydrogens is 368 g/mol. The number of benzene rings is 1. The van der Waals surface area contributed by atoms with Crippen LogP contribution in [0.1, 0.15) is 28.7 Å². The van der Waals surface area contributed by atoms with Crippen molar-refractivity contribution >= 4 is 27.3 Å². The highest BCUT2D eigenvalue weighted by molar-refractivity contribution is 7.19. The lowest BCUT2D eigenvalue weighted by Crippen LogP contribution is -2.24. The van der Waals surface area contributed by atoms with Crippen LogP contribution in [0.2, 0.25) is 0 Å². The van der Waals surface area contributed by atoms with Crippen molar-refractivity contribution in [2.75, 3.05) is 6.54 Å². The fourth-order valence-corrected chi connectivity index (χ4v) is 5.05. The smallest absolute Gasteiger partial charge is 0.223 e. The number of carbonyl (C=O) groups is 1. The molecule has 0 bridgehead atoms. The molecule has 6 heteroatoms. The lowest BCUT2D eigenvalue weighted by atomic mass is 10.1. The van der Waals surface area contributed by atoms with Crippen LogP contribution in [0.3, 0.4) is 0 Å². The van der Waals surface area contributed by atoms with Gasteiger partial charge in [0.2, 0.25) is 5.91 Å². The minimum absolute atomic E-state index is 0.0927. The third-order valence-corrected chi connectivity index (χ3v) is 6.40. The van der Waals surface area contributed by atoms with Gasteiger partial charge in [0.05, 0.1) is 24.1 Å². The van der Waals surface area contributed by atoms with Crippen LogP contribution in [0.4, 0.5) is 0 Å². The summed E-state index contributed by atoms with van der Waals surface area (Å²) < 4.78 is 1.28. The highest BCUT2D eigenvalue weighted by Gasteiger charge is 2.32. The molecule has 5 rings (SSSR count). The van der Waals surface area contributed by atoms with E-state index in [9.17, 15) is 4.79 Å². The van der Waals surface area contributed by atoms with Crippen LogP contribution >= 0.6 is 11.3 Å². The molecule has 1 saturated heterocycles. The maximum absolute atomic E-state index is 12.5. The number of H-pyrrole nitrogens is 1. The van der Waals surface area contributed by atoms with Gasteiger partial charge in [0.25, 0.3) is 0 Å². The Balaban J connectivity index is 1.39. The van der Waals surface area contributed by atoms with E-state index in [1.807, 2.05) is 29.3 Å². The fourth-order valence-electron chi connectivity index (χ4n) is 3.97. The summed E-state index contributed by atoms with van der Waals surface area (Å²) in [4.78, 5) is 28.1. The second-order valence-corrected chi connectivity index (χ2v) is 8.46. The predicted molar refractivity (Wildman–Crippen MR) is 111 cm³/mol. The van der Waals surface area contributed by atoms with Gasteiger partial charge in [-0.2, -0.15) is 0 Å². The molecule has 0 radical (unpaired) electrons. The Labute approximate surface area is 167 Å². The van der Waals surface area contributed by atoms with Gasteiger partial charge in [0.15, 0.2) is 0 Å². The van der Waals surface area contributed by atoms with Gasteiger partial charge in [-0.3, -0.25) is 9.78 Å². The monoisotopic (exact) mass is 388 g/mol. The second kappa shape index (κ2) is 6.87. The zero-order valence-electron chi connectivity index (χ0n) is 15.6. The lowest BCUT2D eigenvalue weighted by Gasteiger charge is -2.15. The standard InChI is InChI=1S/C22H20N4OS/c1-14-21(17-7-2-3-8-19(17)28-14)18-11-24-22(25-18)15-10-20(27)26(12-15)13-16-6-4-5-9-23-16/h2-9,11,15H,10,12-13H2,1H3,(H,24,25). The Hall–Kier alpha value is -2.99. The first-order chi connectivity index (χ1) is 13.7. The quantitative estimate of drug-likeness (QED) is 0.559. The molecule has 4 aromatic rings. The third kappa shape index (κ3) is 2.99. The van der Waals surface area contributed by atoms with Gasteiger partial charge in [-0.05, 0) is 25.1 Å². The number of likely N-dealkylation sites (tertiary alicyclic amines) is 1. The number of imidazole rings is 1. The Kier molecular flexibility index (Phi) is 4.20. The predicted octanol–water partition coefficient (Wildman–Crippen LogP) is 4.51. The summed E-state index contributed by atoms with van der Waals surface area (Å²) in [6, 6.07) is 14.2. The van der Waals surface area contributed by atoms with Gasteiger partial charge in [-0.15, -0.1) is 11.3 Å². The molecule has 28 heavy (non-hydrogen) atoms. The number of aryl methyl sites for hydroxylation is 1. The van der Waals surface area contributed by atoms with E-state index in [0.29, 0.717) is 19.5 Å². The van der Waals surface area contributed by atoms with Crippen molar-refractivity contribution in [1.82, 2.24) is 19.9 Å². The summed E-state index contributed by atoms with van der Waals surface area (Å²) in [6.07, 6.45) is 4.16. The van der Waals surface area contributed by atoms with E-state index in [1.165, 1.54) is 20.5 Å². The van der Waals surface area contributed by atoms with E-state index in [0.717, 1.165) is 17.2 Å². The van der Waals surface area contributed by atoms with Crippen LogP contribution < -0.4 is 0 Å². The molecule has 1 aliphatic heterocycles. The average molecular weight is 388 g/mol.